The molecule has 2 heteroatoms. The molecule has 0 saturated carbocycles. The van der Waals surface area contributed by atoms with E-state index in [1.54, 1.807) is 0 Å². The maximum Gasteiger partial charge on any atom is 0.0453 e. The zero-order valence-corrected chi connectivity index (χ0v) is 8.16. The van der Waals surface area contributed by atoms with Gasteiger partial charge in [-0.3, -0.25) is 4.90 Å². The maximum absolute atomic E-state index is 2.55. The summed E-state index contributed by atoms with van der Waals surface area (Å²) in [5, 5.41) is 0. The van der Waals surface area contributed by atoms with Gasteiger partial charge in [0.15, 0.2) is 0 Å². The average molecular weight is 159 g/mol. The van der Waals surface area contributed by atoms with E-state index in [1.165, 1.54) is 11.6 Å². The fraction of sp³-hybridized carbons (Fsp3) is 1.00. The van der Waals surface area contributed by atoms with Gasteiger partial charge in [-0.1, -0.05) is 0 Å². The summed E-state index contributed by atoms with van der Waals surface area (Å²) < 4.78 is 0. The molecule has 1 saturated heterocycles. The standard InChI is InChI=1S/C8H17NS/c1-7-5-10-6-9(7)8(2,3)4/h7H,5-6H2,1-4H3/t7-/m1/s1. The number of hydrogen-bond acceptors (Lipinski definition) is 2. The Kier molecular flexibility index (Phi) is 2.31. The van der Waals surface area contributed by atoms with Crippen molar-refractivity contribution >= 4 is 11.8 Å². The fourth-order valence-electron chi connectivity index (χ4n) is 1.39. The van der Waals surface area contributed by atoms with Crippen LogP contribution in [-0.2, 0) is 0 Å². The first kappa shape index (κ1) is 8.41. The summed E-state index contributed by atoms with van der Waals surface area (Å²) >= 11 is 2.04. The van der Waals surface area contributed by atoms with Gasteiger partial charge in [-0.05, 0) is 27.7 Å². The van der Waals surface area contributed by atoms with Crippen LogP contribution in [0.2, 0.25) is 0 Å². The van der Waals surface area contributed by atoms with E-state index in [4.69, 9.17) is 0 Å². The molecule has 0 unspecified atom stereocenters. The summed E-state index contributed by atoms with van der Waals surface area (Å²) in [6.45, 7) is 9.17. The SMILES string of the molecule is C[C@@H]1CSCN1C(C)(C)C. The van der Waals surface area contributed by atoms with Crippen LogP contribution >= 0.6 is 11.8 Å². The first-order valence-corrected chi connectivity index (χ1v) is 5.02. The van der Waals surface area contributed by atoms with Crippen LogP contribution in [0.3, 0.4) is 0 Å². The van der Waals surface area contributed by atoms with Gasteiger partial charge in [0, 0.05) is 23.2 Å². The molecular formula is C8H17NS. The van der Waals surface area contributed by atoms with Crippen molar-refractivity contribution in [2.45, 2.75) is 39.3 Å². The molecule has 0 radical (unpaired) electrons. The lowest BCUT2D eigenvalue weighted by Crippen LogP contribution is -2.43. The molecule has 1 aliphatic rings. The average Bonchev–Trinajstić information content (AvgIpc) is 2.11. The van der Waals surface area contributed by atoms with Gasteiger partial charge >= 0.3 is 0 Å². The smallest absolute Gasteiger partial charge is 0.0453 e. The Hall–Kier alpha value is 0.310. The third-order valence-electron chi connectivity index (χ3n) is 1.98. The largest absolute Gasteiger partial charge is 0.286 e. The molecule has 60 valence electrons. The van der Waals surface area contributed by atoms with E-state index in [9.17, 15) is 0 Å². The Morgan fingerprint density at radius 3 is 2.20 bits per heavy atom. The van der Waals surface area contributed by atoms with Crippen molar-refractivity contribution in [3.05, 3.63) is 0 Å². The molecule has 10 heavy (non-hydrogen) atoms. The number of hydrogen-bond donors (Lipinski definition) is 0. The van der Waals surface area contributed by atoms with Crippen LogP contribution in [0.5, 0.6) is 0 Å². The Labute approximate surface area is 68.2 Å². The Balaban J connectivity index is 2.55. The fourth-order valence-corrected chi connectivity index (χ4v) is 2.86. The number of nitrogens with zero attached hydrogens (tertiary/aromatic N) is 1. The second-order valence-corrected chi connectivity index (χ2v) is 4.99. The van der Waals surface area contributed by atoms with Crippen molar-refractivity contribution in [1.82, 2.24) is 4.90 Å². The van der Waals surface area contributed by atoms with Gasteiger partial charge in [0.1, 0.15) is 0 Å². The zero-order valence-electron chi connectivity index (χ0n) is 7.35. The minimum atomic E-state index is 0.364. The van der Waals surface area contributed by atoms with Crippen molar-refractivity contribution < 1.29 is 0 Å². The molecule has 0 aromatic rings. The quantitative estimate of drug-likeness (QED) is 0.533. The van der Waals surface area contributed by atoms with Crippen LogP contribution in [0.1, 0.15) is 27.7 Å². The molecule has 1 aliphatic heterocycles. The van der Waals surface area contributed by atoms with Gasteiger partial charge < -0.3 is 0 Å². The molecule has 1 rings (SSSR count). The summed E-state index contributed by atoms with van der Waals surface area (Å²) in [5.74, 6) is 2.52. The van der Waals surface area contributed by atoms with E-state index >= 15 is 0 Å². The molecule has 0 aromatic heterocycles. The molecular weight excluding hydrogens is 142 g/mol. The predicted molar refractivity (Wildman–Crippen MR) is 48.4 cm³/mol. The van der Waals surface area contributed by atoms with Gasteiger partial charge in [0.2, 0.25) is 0 Å². The molecule has 1 heterocycles. The zero-order chi connectivity index (χ0) is 7.78. The van der Waals surface area contributed by atoms with Crippen LogP contribution in [0.4, 0.5) is 0 Å². The topological polar surface area (TPSA) is 3.24 Å². The molecule has 0 amide bonds. The Bertz CT molecular complexity index is 117. The highest BCUT2D eigenvalue weighted by Crippen LogP contribution is 2.27. The molecule has 1 atom stereocenters. The first-order valence-electron chi connectivity index (χ1n) is 3.86. The highest BCUT2D eigenvalue weighted by atomic mass is 32.2. The molecule has 0 spiro atoms. The second-order valence-electron chi connectivity index (χ2n) is 3.99. The van der Waals surface area contributed by atoms with E-state index in [1.807, 2.05) is 11.8 Å². The van der Waals surface area contributed by atoms with Crippen molar-refractivity contribution in [3.8, 4) is 0 Å². The van der Waals surface area contributed by atoms with Gasteiger partial charge in [0.05, 0.1) is 0 Å². The van der Waals surface area contributed by atoms with Crippen LogP contribution in [0, 0.1) is 0 Å². The lowest BCUT2D eigenvalue weighted by Gasteiger charge is -2.34. The Morgan fingerprint density at radius 1 is 1.40 bits per heavy atom. The van der Waals surface area contributed by atoms with Crippen molar-refractivity contribution in [3.63, 3.8) is 0 Å². The summed E-state index contributed by atoms with van der Waals surface area (Å²) in [7, 11) is 0. The van der Waals surface area contributed by atoms with E-state index in [-0.39, 0.29) is 0 Å². The lowest BCUT2D eigenvalue weighted by atomic mass is 10.1. The third-order valence-corrected chi connectivity index (χ3v) is 3.16. The minimum absolute atomic E-state index is 0.364. The van der Waals surface area contributed by atoms with Crippen molar-refractivity contribution in [2.24, 2.45) is 0 Å². The second kappa shape index (κ2) is 2.74. The van der Waals surface area contributed by atoms with Crippen LogP contribution in [-0.4, -0.2) is 28.1 Å². The molecule has 1 fully saturated rings. The summed E-state index contributed by atoms with van der Waals surface area (Å²) in [4.78, 5) is 2.55. The van der Waals surface area contributed by atoms with Crippen molar-refractivity contribution in [1.29, 1.82) is 0 Å². The maximum atomic E-state index is 2.55. The van der Waals surface area contributed by atoms with Crippen molar-refractivity contribution in [2.75, 3.05) is 11.6 Å². The van der Waals surface area contributed by atoms with E-state index in [2.05, 4.69) is 32.6 Å². The number of thioether (sulfide) groups is 1. The van der Waals surface area contributed by atoms with Gasteiger partial charge in [0.25, 0.3) is 0 Å². The number of rotatable bonds is 0. The van der Waals surface area contributed by atoms with Gasteiger partial charge in [-0.25, -0.2) is 0 Å². The van der Waals surface area contributed by atoms with Crippen LogP contribution < -0.4 is 0 Å². The monoisotopic (exact) mass is 159 g/mol. The van der Waals surface area contributed by atoms with E-state index in [0.29, 0.717) is 5.54 Å². The lowest BCUT2D eigenvalue weighted by molar-refractivity contribution is 0.139. The normalized spacial score (nSPS) is 29.4. The molecule has 0 aromatic carbocycles. The van der Waals surface area contributed by atoms with Gasteiger partial charge in [-0.2, -0.15) is 0 Å². The van der Waals surface area contributed by atoms with E-state index < -0.39 is 0 Å². The van der Waals surface area contributed by atoms with Crippen LogP contribution in [0.15, 0.2) is 0 Å². The summed E-state index contributed by atoms with van der Waals surface area (Å²) in [6, 6.07) is 0.769. The van der Waals surface area contributed by atoms with Crippen LogP contribution in [0.25, 0.3) is 0 Å². The minimum Gasteiger partial charge on any atom is -0.286 e. The Morgan fingerprint density at radius 2 is 2.00 bits per heavy atom. The highest BCUT2D eigenvalue weighted by molar-refractivity contribution is 7.99. The molecule has 1 nitrogen and oxygen atoms in total. The highest BCUT2D eigenvalue weighted by Gasteiger charge is 2.29. The van der Waals surface area contributed by atoms with Gasteiger partial charge in [-0.15, -0.1) is 11.8 Å². The third kappa shape index (κ3) is 1.67. The first-order chi connectivity index (χ1) is 4.52. The molecule has 0 N–H and O–H groups in total. The van der Waals surface area contributed by atoms with E-state index in [0.717, 1.165) is 6.04 Å². The summed E-state index contributed by atoms with van der Waals surface area (Å²) in [5.41, 5.74) is 0.364. The predicted octanol–water partition coefficient (Wildman–Crippen LogP) is 2.18. The summed E-state index contributed by atoms with van der Waals surface area (Å²) in [6.07, 6.45) is 0. The molecule has 0 bridgehead atoms. The molecule has 0 aliphatic carbocycles.